The van der Waals surface area contributed by atoms with Crippen molar-refractivity contribution in [2.45, 2.75) is 18.7 Å². The predicted molar refractivity (Wildman–Crippen MR) is 78.0 cm³/mol. The molecule has 1 aromatic rings. The number of sulfonamides is 1. The Labute approximate surface area is 123 Å². The molecule has 1 atom stereocenters. The zero-order valence-corrected chi connectivity index (χ0v) is 12.8. The molecule has 0 unspecified atom stereocenters. The molecule has 18 heavy (non-hydrogen) atoms. The fourth-order valence-corrected chi connectivity index (χ4v) is 3.43. The third-order valence-electron chi connectivity index (χ3n) is 2.13. The number of hydrogen-bond acceptors (Lipinski definition) is 3. The molecule has 0 fully saturated rings. The summed E-state index contributed by atoms with van der Waals surface area (Å²) in [6.45, 7) is 1.92. The van der Waals surface area contributed by atoms with Crippen molar-refractivity contribution in [1.29, 1.82) is 0 Å². The minimum atomic E-state index is -3.49. The van der Waals surface area contributed by atoms with E-state index >= 15 is 0 Å². The van der Waals surface area contributed by atoms with Crippen LogP contribution in [-0.4, -0.2) is 21.0 Å². The van der Waals surface area contributed by atoms with Crippen LogP contribution in [0.3, 0.4) is 0 Å². The molecular formula is C10H15Cl3N2O2S. The molecular weight excluding hydrogens is 319 g/mol. The van der Waals surface area contributed by atoms with Crippen molar-refractivity contribution >= 4 is 45.6 Å². The van der Waals surface area contributed by atoms with Crippen LogP contribution in [0, 0.1) is 0 Å². The van der Waals surface area contributed by atoms with Gasteiger partial charge in [0.25, 0.3) is 0 Å². The monoisotopic (exact) mass is 332 g/mol. The maximum Gasteiger partial charge on any atom is 0.216 e. The summed E-state index contributed by atoms with van der Waals surface area (Å²) >= 11 is 11.8. The van der Waals surface area contributed by atoms with Gasteiger partial charge in [-0.1, -0.05) is 29.3 Å². The Morgan fingerprint density at radius 1 is 1.33 bits per heavy atom. The molecule has 0 radical (unpaired) electrons. The molecule has 0 bridgehead atoms. The molecule has 1 rings (SSSR count). The van der Waals surface area contributed by atoms with E-state index in [1.165, 1.54) is 0 Å². The summed E-state index contributed by atoms with van der Waals surface area (Å²) in [7, 11) is -3.49. The van der Waals surface area contributed by atoms with Crippen molar-refractivity contribution in [3.63, 3.8) is 0 Å². The topological polar surface area (TPSA) is 72.2 Å². The van der Waals surface area contributed by atoms with Crippen molar-refractivity contribution in [3.05, 3.63) is 33.8 Å². The zero-order chi connectivity index (χ0) is 13.1. The van der Waals surface area contributed by atoms with Gasteiger partial charge in [0.05, 0.1) is 5.75 Å². The van der Waals surface area contributed by atoms with E-state index in [0.717, 1.165) is 0 Å². The highest BCUT2D eigenvalue weighted by Gasteiger charge is 2.18. The number of hydrogen-bond donors (Lipinski definition) is 2. The summed E-state index contributed by atoms with van der Waals surface area (Å²) in [6.07, 6.45) is 0. The highest BCUT2D eigenvalue weighted by molar-refractivity contribution is 7.88. The van der Waals surface area contributed by atoms with E-state index in [2.05, 4.69) is 4.72 Å². The lowest BCUT2D eigenvalue weighted by Crippen LogP contribution is -2.38. The molecule has 0 amide bonds. The molecule has 0 saturated heterocycles. The van der Waals surface area contributed by atoms with Crippen LogP contribution >= 0.6 is 35.6 Å². The molecule has 0 aliphatic carbocycles. The maximum atomic E-state index is 11.8. The average Bonchev–Trinajstić information content (AvgIpc) is 2.23. The Balaban J connectivity index is 0.00000289. The first-order valence-corrected chi connectivity index (χ1v) is 7.39. The highest BCUT2D eigenvalue weighted by Crippen LogP contribution is 2.25. The maximum absolute atomic E-state index is 11.8. The van der Waals surface area contributed by atoms with Crippen LogP contribution in [0.4, 0.5) is 0 Å². The van der Waals surface area contributed by atoms with Crippen LogP contribution in [-0.2, 0) is 15.8 Å². The van der Waals surface area contributed by atoms with E-state index in [0.29, 0.717) is 15.6 Å². The first-order chi connectivity index (χ1) is 7.85. The van der Waals surface area contributed by atoms with Crippen LogP contribution in [0.25, 0.3) is 0 Å². The van der Waals surface area contributed by atoms with Gasteiger partial charge in [0.1, 0.15) is 0 Å². The standard InChI is InChI=1S/C10H14Cl2N2O2S.ClH/c1-7(5-13)14-17(15,16)6-8-9(11)3-2-4-10(8)12;/h2-4,7,14H,5-6,13H2,1H3;1H/t7-;/m0./s1. The summed E-state index contributed by atoms with van der Waals surface area (Å²) in [5.41, 5.74) is 5.75. The van der Waals surface area contributed by atoms with E-state index in [4.69, 9.17) is 28.9 Å². The number of nitrogens with one attached hydrogen (secondary N) is 1. The molecule has 0 aromatic heterocycles. The van der Waals surface area contributed by atoms with Gasteiger partial charge in [-0.15, -0.1) is 12.4 Å². The molecule has 104 valence electrons. The quantitative estimate of drug-likeness (QED) is 0.867. The van der Waals surface area contributed by atoms with E-state index in [1.54, 1.807) is 25.1 Å². The lowest BCUT2D eigenvalue weighted by Gasteiger charge is -2.13. The van der Waals surface area contributed by atoms with E-state index in [1.807, 2.05) is 0 Å². The fraction of sp³-hybridized carbons (Fsp3) is 0.400. The predicted octanol–water partition coefficient (Wildman–Crippen LogP) is 2.18. The minimum Gasteiger partial charge on any atom is -0.329 e. The smallest absolute Gasteiger partial charge is 0.216 e. The molecule has 0 aliphatic heterocycles. The van der Waals surface area contributed by atoms with E-state index < -0.39 is 10.0 Å². The largest absolute Gasteiger partial charge is 0.329 e. The lowest BCUT2D eigenvalue weighted by molar-refractivity contribution is 0.562. The Hall–Kier alpha value is -0.0400. The third-order valence-corrected chi connectivity index (χ3v) is 4.27. The Morgan fingerprint density at radius 3 is 2.28 bits per heavy atom. The van der Waals surface area contributed by atoms with Gasteiger partial charge in [0.15, 0.2) is 0 Å². The van der Waals surface area contributed by atoms with Gasteiger partial charge in [0.2, 0.25) is 10.0 Å². The first kappa shape index (κ1) is 18.0. The summed E-state index contributed by atoms with van der Waals surface area (Å²) in [5.74, 6) is -0.254. The second-order valence-corrected chi connectivity index (χ2v) is 6.28. The van der Waals surface area contributed by atoms with Gasteiger partial charge in [-0.05, 0) is 19.1 Å². The van der Waals surface area contributed by atoms with Crippen LogP contribution in [0.5, 0.6) is 0 Å². The second-order valence-electron chi connectivity index (χ2n) is 3.71. The normalized spacial score (nSPS) is 12.9. The molecule has 0 saturated carbocycles. The van der Waals surface area contributed by atoms with Gasteiger partial charge < -0.3 is 5.73 Å². The van der Waals surface area contributed by atoms with Crippen molar-refractivity contribution in [3.8, 4) is 0 Å². The molecule has 0 heterocycles. The van der Waals surface area contributed by atoms with E-state index in [9.17, 15) is 8.42 Å². The molecule has 4 nitrogen and oxygen atoms in total. The van der Waals surface area contributed by atoms with E-state index in [-0.39, 0.29) is 30.7 Å². The number of nitrogens with two attached hydrogens (primary N) is 1. The Morgan fingerprint density at radius 2 is 1.83 bits per heavy atom. The third kappa shape index (κ3) is 5.30. The lowest BCUT2D eigenvalue weighted by atomic mass is 10.2. The number of rotatable bonds is 5. The molecule has 3 N–H and O–H groups in total. The fourth-order valence-electron chi connectivity index (χ4n) is 1.26. The van der Waals surface area contributed by atoms with Crippen molar-refractivity contribution in [1.82, 2.24) is 4.72 Å². The SMILES string of the molecule is C[C@@H](CN)NS(=O)(=O)Cc1c(Cl)cccc1Cl.Cl. The summed E-state index contributed by atoms with van der Waals surface area (Å²) in [5, 5.41) is 0.673. The Kier molecular flexibility index (Phi) is 7.51. The van der Waals surface area contributed by atoms with Crippen molar-refractivity contribution in [2.24, 2.45) is 5.73 Å². The van der Waals surface area contributed by atoms with Crippen LogP contribution in [0.15, 0.2) is 18.2 Å². The van der Waals surface area contributed by atoms with Crippen LogP contribution < -0.4 is 10.5 Å². The van der Waals surface area contributed by atoms with Crippen molar-refractivity contribution < 1.29 is 8.42 Å². The number of halogens is 3. The van der Waals surface area contributed by atoms with Crippen LogP contribution in [0.2, 0.25) is 10.0 Å². The van der Waals surface area contributed by atoms with Gasteiger partial charge >= 0.3 is 0 Å². The zero-order valence-electron chi connectivity index (χ0n) is 9.69. The average molecular weight is 334 g/mol. The second kappa shape index (κ2) is 7.53. The van der Waals surface area contributed by atoms with Gasteiger partial charge in [-0.2, -0.15) is 0 Å². The van der Waals surface area contributed by atoms with Crippen LogP contribution in [0.1, 0.15) is 12.5 Å². The van der Waals surface area contributed by atoms with Gasteiger partial charge in [-0.25, -0.2) is 13.1 Å². The Bertz CT molecular complexity index is 474. The molecule has 8 heteroatoms. The van der Waals surface area contributed by atoms with Crippen molar-refractivity contribution in [2.75, 3.05) is 6.54 Å². The molecule has 0 aliphatic rings. The van der Waals surface area contributed by atoms with Gasteiger partial charge in [-0.3, -0.25) is 0 Å². The first-order valence-electron chi connectivity index (χ1n) is 4.98. The summed E-state index contributed by atoms with van der Waals surface area (Å²) in [6, 6.07) is 4.55. The molecule has 0 spiro atoms. The summed E-state index contributed by atoms with van der Waals surface area (Å²) < 4.78 is 26.0. The van der Waals surface area contributed by atoms with Gasteiger partial charge in [0, 0.05) is 28.2 Å². The minimum absolute atomic E-state index is 0. The summed E-state index contributed by atoms with van der Waals surface area (Å²) in [4.78, 5) is 0. The molecule has 1 aromatic carbocycles. The number of benzene rings is 1. The highest BCUT2D eigenvalue weighted by atomic mass is 35.5.